The van der Waals surface area contributed by atoms with Crippen LogP contribution >= 0.6 is 0 Å². The first-order valence-electron chi connectivity index (χ1n) is 8.30. The van der Waals surface area contributed by atoms with Gasteiger partial charge in [0.05, 0.1) is 25.0 Å². The summed E-state index contributed by atoms with van der Waals surface area (Å²) in [6.45, 7) is 5.99. The van der Waals surface area contributed by atoms with Crippen molar-refractivity contribution in [1.29, 1.82) is 0 Å². The number of nitrogens with zero attached hydrogens (tertiary/aromatic N) is 2. The monoisotopic (exact) mass is 341 g/mol. The van der Waals surface area contributed by atoms with Crippen LogP contribution in [0.15, 0.2) is 35.5 Å². The number of anilines is 1. The molecule has 2 aromatic rings. The van der Waals surface area contributed by atoms with Crippen molar-refractivity contribution < 1.29 is 14.3 Å². The normalized spacial score (nSPS) is 16.3. The molecule has 6 heteroatoms. The Morgan fingerprint density at radius 1 is 1.36 bits per heavy atom. The first-order chi connectivity index (χ1) is 12.0. The van der Waals surface area contributed by atoms with E-state index in [1.165, 1.54) is 0 Å². The van der Waals surface area contributed by atoms with Crippen molar-refractivity contribution >= 4 is 11.8 Å². The highest BCUT2D eigenvalue weighted by molar-refractivity contribution is 5.94. The summed E-state index contributed by atoms with van der Waals surface area (Å²) >= 11 is 0. The Morgan fingerprint density at radius 2 is 2.12 bits per heavy atom. The van der Waals surface area contributed by atoms with E-state index in [0.717, 1.165) is 34.1 Å². The van der Waals surface area contributed by atoms with E-state index in [1.54, 1.807) is 7.11 Å². The molecule has 132 valence electrons. The van der Waals surface area contributed by atoms with Gasteiger partial charge in [0.15, 0.2) is 0 Å². The van der Waals surface area contributed by atoms with E-state index in [9.17, 15) is 4.79 Å². The van der Waals surface area contributed by atoms with Crippen LogP contribution in [-0.4, -0.2) is 29.5 Å². The zero-order valence-corrected chi connectivity index (χ0v) is 15.2. The van der Waals surface area contributed by atoms with Gasteiger partial charge in [0.25, 0.3) is 0 Å². The number of fused-ring (bicyclic) bond motifs is 1. The molecule has 0 saturated carbocycles. The quantitative estimate of drug-likeness (QED) is 0.866. The molecule has 3 rings (SSSR count). The summed E-state index contributed by atoms with van der Waals surface area (Å²) in [5.74, 6) is 1.09. The number of aromatic nitrogens is 2. The van der Waals surface area contributed by atoms with Crippen molar-refractivity contribution in [3.05, 3.63) is 52.4 Å². The molecule has 1 atom stereocenters. The molecule has 0 amide bonds. The minimum Gasteiger partial charge on any atom is -0.497 e. The summed E-state index contributed by atoms with van der Waals surface area (Å²) in [6.07, 6.45) is 0. The predicted octanol–water partition coefficient (Wildman–Crippen LogP) is 3.13. The van der Waals surface area contributed by atoms with E-state index in [1.807, 2.05) is 56.8 Å². The van der Waals surface area contributed by atoms with Crippen molar-refractivity contribution in [3.8, 4) is 5.75 Å². The Hall–Kier alpha value is -2.76. The Kier molecular flexibility index (Phi) is 4.53. The molecular formula is C19H23N3O3. The molecule has 2 heterocycles. The van der Waals surface area contributed by atoms with Crippen molar-refractivity contribution in [2.45, 2.75) is 26.7 Å². The topological polar surface area (TPSA) is 65.4 Å². The summed E-state index contributed by atoms with van der Waals surface area (Å²) in [6, 6.07) is 7.78. The van der Waals surface area contributed by atoms with Gasteiger partial charge < -0.3 is 14.8 Å². The zero-order chi connectivity index (χ0) is 18.1. The molecule has 0 bridgehead atoms. The Morgan fingerprint density at radius 3 is 2.80 bits per heavy atom. The van der Waals surface area contributed by atoms with E-state index < -0.39 is 0 Å². The third-order valence-electron chi connectivity index (χ3n) is 4.48. The molecule has 0 fully saturated rings. The summed E-state index contributed by atoms with van der Waals surface area (Å²) in [4.78, 5) is 12.7. The van der Waals surface area contributed by atoms with Gasteiger partial charge in [-0.25, -0.2) is 4.79 Å². The number of carbonyl (C=O) groups excluding carboxylic acids is 1. The van der Waals surface area contributed by atoms with Gasteiger partial charge in [-0.15, -0.1) is 0 Å². The largest absolute Gasteiger partial charge is 0.497 e. The third-order valence-corrected chi connectivity index (χ3v) is 4.48. The van der Waals surface area contributed by atoms with Gasteiger partial charge in [0.2, 0.25) is 0 Å². The number of esters is 1. The van der Waals surface area contributed by atoms with Crippen LogP contribution in [0, 0.1) is 6.92 Å². The van der Waals surface area contributed by atoms with Gasteiger partial charge in [-0.05, 0) is 38.5 Å². The highest BCUT2D eigenvalue weighted by atomic mass is 16.5. The van der Waals surface area contributed by atoms with Crippen LogP contribution in [0.1, 0.15) is 36.6 Å². The SMILES string of the molecule is CCOC(=O)C1=C(C)Nc2c(c(C)nn2C)C1c1cccc(OC)c1. The van der Waals surface area contributed by atoms with E-state index in [0.29, 0.717) is 12.2 Å². The van der Waals surface area contributed by atoms with Crippen LogP contribution in [0.2, 0.25) is 0 Å². The molecule has 1 aliphatic rings. The minimum absolute atomic E-state index is 0.251. The summed E-state index contributed by atoms with van der Waals surface area (Å²) in [7, 11) is 3.53. The molecule has 1 aliphatic heterocycles. The van der Waals surface area contributed by atoms with Gasteiger partial charge in [-0.3, -0.25) is 4.68 Å². The molecule has 0 aliphatic carbocycles. The summed E-state index contributed by atoms with van der Waals surface area (Å²) in [5.41, 5.74) is 4.23. The number of nitrogens with one attached hydrogen (secondary N) is 1. The van der Waals surface area contributed by atoms with E-state index in [-0.39, 0.29) is 11.9 Å². The second kappa shape index (κ2) is 6.63. The number of allylic oxidation sites excluding steroid dienone is 1. The Balaban J connectivity index is 2.23. The second-order valence-electron chi connectivity index (χ2n) is 6.07. The lowest BCUT2D eigenvalue weighted by molar-refractivity contribution is -0.138. The number of ether oxygens (including phenoxy) is 2. The number of aryl methyl sites for hydroxylation is 2. The van der Waals surface area contributed by atoms with Gasteiger partial charge in [-0.1, -0.05) is 12.1 Å². The van der Waals surface area contributed by atoms with Gasteiger partial charge in [0, 0.05) is 24.2 Å². The molecule has 0 saturated heterocycles. The molecular weight excluding hydrogens is 318 g/mol. The Bertz CT molecular complexity index is 852. The van der Waals surface area contributed by atoms with Gasteiger partial charge in [-0.2, -0.15) is 5.10 Å². The number of benzene rings is 1. The first kappa shape index (κ1) is 17.1. The van der Waals surface area contributed by atoms with E-state index >= 15 is 0 Å². The van der Waals surface area contributed by atoms with Crippen LogP contribution in [0.3, 0.4) is 0 Å². The lowest BCUT2D eigenvalue weighted by Crippen LogP contribution is -2.25. The van der Waals surface area contributed by atoms with Crippen molar-refractivity contribution in [1.82, 2.24) is 9.78 Å². The van der Waals surface area contributed by atoms with Gasteiger partial charge in [0.1, 0.15) is 11.6 Å². The van der Waals surface area contributed by atoms with E-state index in [4.69, 9.17) is 9.47 Å². The van der Waals surface area contributed by atoms with E-state index in [2.05, 4.69) is 10.4 Å². The van der Waals surface area contributed by atoms with Crippen LogP contribution < -0.4 is 10.1 Å². The van der Waals surface area contributed by atoms with Crippen LogP contribution in [-0.2, 0) is 16.6 Å². The lowest BCUT2D eigenvalue weighted by atomic mass is 9.81. The number of rotatable bonds is 4. The summed E-state index contributed by atoms with van der Waals surface area (Å²) < 4.78 is 12.5. The molecule has 1 aromatic carbocycles. The van der Waals surface area contributed by atoms with Crippen LogP contribution in [0.5, 0.6) is 5.75 Å². The average Bonchev–Trinajstić information content (AvgIpc) is 2.87. The smallest absolute Gasteiger partial charge is 0.336 e. The van der Waals surface area contributed by atoms with Crippen molar-refractivity contribution in [2.24, 2.45) is 7.05 Å². The van der Waals surface area contributed by atoms with Crippen molar-refractivity contribution in [3.63, 3.8) is 0 Å². The van der Waals surface area contributed by atoms with Gasteiger partial charge >= 0.3 is 5.97 Å². The first-order valence-corrected chi connectivity index (χ1v) is 8.30. The average molecular weight is 341 g/mol. The molecule has 1 unspecified atom stereocenters. The maximum atomic E-state index is 12.7. The Labute approximate surface area is 147 Å². The number of carbonyl (C=O) groups is 1. The fourth-order valence-electron chi connectivity index (χ4n) is 3.41. The lowest BCUT2D eigenvalue weighted by Gasteiger charge is -2.28. The highest BCUT2D eigenvalue weighted by Crippen LogP contribution is 2.44. The molecule has 0 spiro atoms. The van der Waals surface area contributed by atoms with Crippen LogP contribution in [0.4, 0.5) is 5.82 Å². The molecule has 1 aromatic heterocycles. The number of methoxy groups -OCH3 is 1. The standard InChI is InChI=1S/C19H23N3O3/c1-6-25-19(23)16-11(2)20-18-15(12(3)21-22(18)4)17(16)13-8-7-9-14(10-13)24-5/h7-10,17,20H,6H2,1-5H3. The van der Waals surface area contributed by atoms with Crippen molar-refractivity contribution in [2.75, 3.05) is 19.0 Å². The molecule has 25 heavy (non-hydrogen) atoms. The molecule has 1 N–H and O–H groups in total. The second-order valence-corrected chi connectivity index (χ2v) is 6.07. The number of hydrogen-bond donors (Lipinski definition) is 1. The fourth-order valence-corrected chi connectivity index (χ4v) is 3.41. The minimum atomic E-state index is -0.311. The van der Waals surface area contributed by atoms with Crippen LogP contribution in [0.25, 0.3) is 0 Å². The molecule has 6 nitrogen and oxygen atoms in total. The maximum absolute atomic E-state index is 12.7. The zero-order valence-electron chi connectivity index (χ0n) is 15.2. The third kappa shape index (κ3) is 2.88. The molecule has 0 radical (unpaired) electrons. The maximum Gasteiger partial charge on any atom is 0.336 e. The predicted molar refractivity (Wildman–Crippen MR) is 95.7 cm³/mol. The highest BCUT2D eigenvalue weighted by Gasteiger charge is 2.36. The fraction of sp³-hybridized carbons (Fsp3) is 0.368. The number of hydrogen-bond acceptors (Lipinski definition) is 5. The summed E-state index contributed by atoms with van der Waals surface area (Å²) in [5, 5.41) is 7.84.